The van der Waals surface area contributed by atoms with Crippen LogP contribution in [0.4, 0.5) is 16.5 Å². The molecule has 0 saturated carbocycles. The smallest absolute Gasteiger partial charge is 0.345 e. The summed E-state index contributed by atoms with van der Waals surface area (Å²) in [6, 6.07) is 7.79. The minimum Gasteiger partial charge on any atom is -0.462 e. The van der Waals surface area contributed by atoms with E-state index >= 15 is 0 Å². The zero-order valence-electron chi connectivity index (χ0n) is 10.8. The molecule has 0 aliphatic rings. The molecule has 0 unspecified atom stereocenters. The van der Waals surface area contributed by atoms with Crippen molar-refractivity contribution in [2.24, 2.45) is 0 Å². The predicted octanol–water partition coefficient (Wildman–Crippen LogP) is 2.95. The van der Waals surface area contributed by atoms with E-state index in [4.69, 9.17) is 10.5 Å². The number of aromatic nitrogens is 1. The molecule has 19 heavy (non-hydrogen) atoms. The van der Waals surface area contributed by atoms with Gasteiger partial charge < -0.3 is 15.8 Å². The maximum atomic E-state index is 11.8. The lowest BCUT2D eigenvalue weighted by atomic mass is 10.2. The van der Waals surface area contributed by atoms with Gasteiger partial charge in [-0.15, -0.1) is 0 Å². The minimum atomic E-state index is -0.454. The normalized spacial score (nSPS) is 10.2. The molecule has 0 fully saturated rings. The third-order valence-electron chi connectivity index (χ3n) is 2.59. The van der Waals surface area contributed by atoms with Gasteiger partial charge >= 0.3 is 5.97 Å². The summed E-state index contributed by atoms with van der Waals surface area (Å²) >= 11 is 1.15. The van der Waals surface area contributed by atoms with Crippen LogP contribution in [0.2, 0.25) is 0 Å². The quantitative estimate of drug-likeness (QED) is 0.840. The highest BCUT2D eigenvalue weighted by molar-refractivity contribution is 7.11. The molecule has 0 amide bonds. The monoisotopic (exact) mass is 277 g/mol. The molecule has 5 nitrogen and oxygen atoms in total. The number of rotatable bonds is 4. The molecular weight excluding hydrogens is 262 g/mol. The number of hydrogen-bond acceptors (Lipinski definition) is 6. The lowest BCUT2D eigenvalue weighted by Gasteiger charge is -2.08. The molecule has 100 valence electrons. The van der Waals surface area contributed by atoms with Crippen LogP contribution in [0.5, 0.6) is 0 Å². The number of esters is 1. The number of nitrogen functional groups attached to an aromatic ring is 1. The Morgan fingerprint density at radius 3 is 2.89 bits per heavy atom. The summed E-state index contributed by atoms with van der Waals surface area (Å²) in [4.78, 5) is 11.8. The molecule has 0 aliphatic carbocycles. The van der Waals surface area contributed by atoms with Gasteiger partial charge in [0.25, 0.3) is 0 Å². The van der Waals surface area contributed by atoms with Crippen LogP contribution >= 0.6 is 11.5 Å². The van der Waals surface area contributed by atoms with E-state index in [1.54, 1.807) is 6.92 Å². The summed E-state index contributed by atoms with van der Waals surface area (Å²) < 4.78 is 8.99. The van der Waals surface area contributed by atoms with E-state index in [0.29, 0.717) is 17.2 Å². The second-order valence-corrected chi connectivity index (χ2v) is 4.71. The first-order valence-electron chi connectivity index (χ1n) is 5.88. The number of nitrogens with one attached hydrogen (secondary N) is 1. The molecule has 1 aromatic heterocycles. The summed E-state index contributed by atoms with van der Waals surface area (Å²) in [6.07, 6.45) is 0. The Balaban J connectivity index is 2.31. The van der Waals surface area contributed by atoms with Gasteiger partial charge in [0.2, 0.25) is 0 Å². The molecule has 1 aromatic carbocycles. The molecule has 1 heterocycles. The second kappa shape index (κ2) is 5.71. The van der Waals surface area contributed by atoms with Crippen molar-refractivity contribution in [3.63, 3.8) is 0 Å². The number of anilines is 3. The topological polar surface area (TPSA) is 77.2 Å². The molecule has 0 radical (unpaired) electrons. The van der Waals surface area contributed by atoms with E-state index in [0.717, 1.165) is 22.8 Å². The zero-order valence-corrected chi connectivity index (χ0v) is 11.6. The molecule has 0 spiro atoms. The van der Waals surface area contributed by atoms with E-state index in [2.05, 4.69) is 9.69 Å². The molecule has 6 heteroatoms. The Hall–Kier alpha value is -2.08. The van der Waals surface area contributed by atoms with E-state index in [1.807, 2.05) is 31.2 Å². The van der Waals surface area contributed by atoms with Crippen LogP contribution in [0.25, 0.3) is 0 Å². The first kappa shape index (κ1) is 13.4. The van der Waals surface area contributed by atoms with E-state index in [-0.39, 0.29) is 5.82 Å². The Labute approximate surface area is 115 Å². The van der Waals surface area contributed by atoms with Gasteiger partial charge in [0.1, 0.15) is 10.6 Å². The predicted molar refractivity (Wildman–Crippen MR) is 76.9 cm³/mol. The molecule has 3 N–H and O–H groups in total. The molecular formula is C13H15N3O2S. The van der Waals surface area contributed by atoms with Gasteiger partial charge in [-0.25, -0.2) is 4.79 Å². The number of carbonyl (C=O) groups excluding carboxylic acids is 1. The van der Waals surface area contributed by atoms with Crippen molar-refractivity contribution in [2.45, 2.75) is 13.8 Å². The standard InChI is InChI=1S/C13H15N3O2S/c1-3-18-13(17)10-11(14)16-19-12(10)15-9-7-5-4-6-8(9)2/h4-7,15H,3H2,1-2H3,(H2,14,16). The highest BCUT2D eigenvalue weighted by Gasteiger charge is 2.20. The van der Waals surface area contributed by atoms with Gasteiger partial charge in [0.05, 0.1) is 6.61 Å². The molecule has 0 atom stereocenters. The van der Waals surface area contributed by atoms with Gasteiger partial charge in [-0.1, -0.05) is 18.2 Å². The molecule has 0 saturated heterocycles. The van der Waals surface area contributed by atoms with Crippen molar-refractivity contribution < 1.29 is 9.53 Å². The molecule has 2 rings (SSSR count). The third kappa shape index (κ3) is 2.85. The van der Waals surface area contributed by atoms with Crippen LogP contribution in [0.15, 0.2) is 24.3 Å². The average Bonchev–Trinajstić information content (AvgIpc) is 2.74. The molecule has 2 aromatic rings. The van der Waals surface area contributed by atoms with Crippen molar-refractivity contribution in [1.82, 2.24) is 4.37 Å². The van der Waals surface area contributed by atoms with Crippen molar-refractivity contribution in [3.05, 3.63) is 35.4 Å². The fraction of sp³-hybridized carbons (Fsp3) is 0.231. The highest BCUT2D eigenvalue weighted by atomic mass is 32.1. The van der Waals surface area contributed by atoms with Crippen LogP contribution in [0, 0.1) is 6.92 Å². The number of aryl methyl sites for hydroxylation is 1. The van der Waals surface area contributed by atoms with Crippen LogP contribution in [0.3, 0.4) is 0 Å². The maximum Gasteiger partial charge on any atom is 0.345 e. The Morgan fingerprint density at radius 1 is 1.47 bits per heavy atom. The summed E-state index contributed by atoms with van der Waals surface area (Å²) in [6.45, 7) is 4.04. The number of hydrogen-bond donors (Lipinski definition) is 2. The van der Waals surface area contributed by atoms with Gasteiger partial charge in [-0.2, -0.15) is 4.37 Å². The number of para-hydroxylation sites is 1. The number of nitrogens with zero attached hydrogens (tertiary/aromatic N) is 1. The van der Waals surface area contributed by atoms with Gasteiger partial charge in [-0.3, -0.25) is 0 Å². The lowest BCUT2D eigenvalue weighted by Crippen LogP contribution is -2.08. The van der Waals surface area contributed by atoms with Crippen molar-refractivity contribution in [1.29, 1.82) is 0 Å². The van der Waals surface area contributed by atoms with Crippen molar-refractivity contribution in [3.8, 4) is 0 Å². The number of benzene rings is 1. The lowest BCUT2D eigenvalue weighted by molar-refractivity contribution is 0.0529. The third-order valence-corrected chi connectivity index (χ3v) is 3.37. The van der Waals surface area contributed by atoms with Crippen LogP contribution in [-0.2, 0) is 4.74 Å². The first-order valence-corrected chi connectivity index (χ1v) is 6.65. The Bertz CT molecular complexity index is 595. The molecule has 0 bridgehead atoms. The fourth-order valence-corrected chi connectivity index (χ4v) is 2.34. The highest BCUT2D eigenvalue weighted by Crippen LogP contribution is 2.31. The van der Waals surface area contributed by atoms with Gasteiger partial charge in [-0.05, 0) is 37.0 Å². The summed E-state index contributed by atoms with van der Waals surface area (Å²) in [5.41, 5.74) is 8.01. The Morgan fingerprint density at radius 2 is 2.21 bits per heavy atom. The summed E-state index contributed by atoms with van der Waals surface area (Å²) in [5.74, 6) is -0.260. The Kier molecular flexibility index (Phi) is 4.01. The fourth-order valence-electron chi connectivity index (χ4n) is 1.62. The molecule has 0 aliphatic heterocycles. The van der Waals surface area contributed by atoms with E-state index in [1.165, 1.54) is 0 Å². The summed E-state index contributed by atoms with van der Waals surface area (Å²) in [7, 11) is 0. The van der Waals surface area contributed by atoms with Crippen molar-refractivity contribution >= 4 is 34.0 Å². The SMILES string of the molecule is CCOC(=O)c1c(N)nsc1Nc1ccccc1C. The largest absolute Gasteiger partial charge is 0.462 e. The van der Waals surface area contributed by atoms with Crippen LogP contribution in [-0.4, -0.2) is 16.9 Å². The van der Waals surface area contributed by atoms with E-state index in [9.17, 15) is 4.79 Å². The number of nitrogens with two attached hydrogens (primary N) is 1. The first-order chi connectivity index (χ1) is 9.13. The number of ether oxygens (including phenoxy) is 1. The second-order valence-electron chi connectivity index (χ2n) is 3.93. The number of carbonyl (C=O) groups is 1. The van der Waals surface area contributed by atoms with Crippen molar-refractivity contribution in [2.75, 3.05) is 17.7 Å². The maximum absolute atomic E-state index is 11.8. The van der Waals surface area contributed by atoms with Crippen LogP contribution in [0.1, 0.15) is 22.8 Å². The zero-order chi connectivity index (χ0) is 13.8. The minimum absolute atomic E-state index is 0.194. The average molecular weight is 277 g/mol. The van der Waals surface area contributed by atoms with Crippen LogP contribution < -0.4 is 11.1 Å². The van der Waals surface area contributed by atoms with Gasteiger partial charge in [0, 0.05) is 5.69 Å². The van der Waals surface area contributed by atoms with E-state index < -0.39 is 5.97 Å². The summed E-state index contributed by atoms with van der Waals surface area (Å²) in [5, 5.41) is 3.78. The van der Waals surface area contributed by atoms with Gasteiger partial charge in [0.15, 0.2) is 5.82 Å².